The van der Waals surface area contributed by atoms with E-state index in [1.165, 1.54) is 9.75 Å². The number of carbonyl (C=O) groups is 2. The number of hydrogen-bond donors (Lipinski definition) is 1. The molecule has 3 rings (SSSR count). The molecular formula is C16H22N2O3S. The van der Waals surface area contributed by atoms with Crippen molar-refractivity contribution < 1.29 is 14.7 Å². The number of likely N-dealkylation sites (tertiary alicyclic amines) is 2. The van der Waals surface area contributed by atoms with Gasteiger partial charge in [0.15, 0.2) is 0 Å². The molecule has 0 radical (unpaired) electrons. The van der Waals surface area contributed by atoms with Crippen LogP contribution in [0.25, 0.3) is 0 Å². The van der Waals surface area contributed by atoms with E-state index in [-0.39, 0.29) is 12.3 Å². The highest BCUT2D eigenvalue weighted by molar-refractivity contribution is 7.11. The average Bonchev–Trinajstić information content (AvgIpc) is 2.99. The van der Waals surface area contributed by atoms with E-state index in [1.54, 1.807) is 11.9 Å². The zero-order valence-electron chi connectivity index (χ0n) is 13.0. The van der Waals surface area contributed by atoms with Gasteiger partial charge in [-0.2, -0.15) is 0 Å². The van der Waals surface area contributed by atoms with Crippen molar-refractivity contribution in [2.75, 3.05) is 20.1 Å². The van der Waals surface area contributed by atoms with Gasteiger partial charge in [0.1, 0.15) is 0 Å². The summed E-state index contributed by atoms with van der Waals surface area (Å²) in [6.45, 7) is 4.72. The Bertz CT molecular complexity index is 590. The van der Waals surface area contributed by atoms with Crippen molar-refractivity contribution in [2.24, 2.45) is 5.92 Å². The van der Waals surface area contributed by atoms with Gasteiger partial charge in [0, 0.05) is 42.9 Å². The molecule has 0 aromatic carbocycles. The van der Waals surface area contributed by atoms with Gasteiger partial charge in [-0.05, 0) is 31.9 Å². The summed E-state index contributed by atoms with van der Waals surface area (Å²) in [4.78, 5) is 30.3. The maximum Gasteiger partial charge on any atom is 0.309 e. The van der Waals surface area contributed by atoms with Crippen molar-refractivity contribution in [1.29, 1.82) is 0 Å². The Labute approximate surface area is 134 Å². The standard InChI is InChI=1S/C16H22N2O3S/c1-11-3-4-12(22-11)10-18-7-5-16(6-8-18)13(15(20)21)9-14(19)17(16)2/h3-4,13H,5-10H2,1-2H3,(H,20,21). The predicted octanol–water partition coefficient (Wildman–Crippen LogP) is 1.95. The number of carboxylic acid groups (broad SMARTS) is 1. The maximum atomic E-state index is 12.0. The summed E-state index contributed by atoms with van der Waals surface area (Å²) < 4.78 is 0. The molecule has 0 bridgehead atoms. The predicted molar refractivity (Wildman–Crippen MR) is 84.8 cm³/mol. The van der Waals surface area contributed by atoms with Crippen LogP contribution in [0.2, 0.25) is 0 Å². The molecule has 3 heterocycles. The summed E-state index contributed by atoms with van der Waals surface area (Å²) in [6, 6.07) is 4.30. The first-order valence-corrected chi connectivity index (χ1v) is 8.51. The topological polar surface area (TPSA) is 60.9 Å². The Morgan fingerprint density at radius 1 is 1.41 bits per heavy atom. The second-order valence-corrected chi connectivity index (χ2v) is 7.81. The smallest absolute Gasteiger partial charge is 0.309 e. The summed E-state index contributed by atoms with van der Waals surface area (Å²) >= 11 is 1.81. The fourth-order valence-electron chi connectivity index (χ4n) is 3.87. The largest absolute Gasteiger partial charge is 0.481 e. The molecule has 2 aliphatic rings. The van der Waals surface area contributed by atoms with Gasteiger partial charge < -0.3 is 10.0 Å². The van der Waals surface area contributed by atoms with Crippen LogP contribution < -0.4 is 0 Å². The van der Waals surface area contributed by atoms with Gasteiger partial charge in [-0.15, -0.1) is 11.3 Å². The fourth-order valence-corrected chi connectivity index (χ4v) is 4.81. The lowest BCUT2D eigenvalue weighted by Gasteiger charge is -2.45. The highest BCUT2D eigenvalue weighted by Crippen LogP contribution is 2.43. The van der Waals surface area contributed by atoms with E-state index in [0.29, 0.717) is 0 Å². The minimum atomic E-state index is -0.833. The van der Waals surface area contributed by atoms with Gasteiger partial charge in [-0.3, -0.25) is 14.5 Å². The van der Waals surface area contributed by atoms with E-state index in [2.05, 4.69) is 24.0 Å². The Hall–Kier alpha value is -1.40. The molecule has 2 saturated heterocycles. The van der Waals surface area contributed by atoms with E-state index in [1.807, 2.05) is 11.3 Å². The lowest BCUT2D eigenvalue weighted by molar-refractivity contribution is -0.146. The van der Waals surface area contributed by atoms with E-state index in [4.69, 9.17) is 0 Å². The number of rotatable bonds is 3. The van der Waals surface area contributed by atoms with Crippen molar-refractivity contribution in [2.45, 2.75) is 38.3 Å². The van der Waals surface area contributed by atoms with Crippen LogP contribution in [0.1, 0.15) is 29.0 Å². The molecule has 120 valence electrons. The van der Waals surface area contributed by atoms with Gasteiger partial charge >= 0.3 is 5.97 Å². The number of thiophene rings is 1. The van der Waals surface area contributed by atoms with Crippen LogP contribution in [0, 0.1) is 12.8 Å². The third-order valence-electron chi connectivity index (χ3n) is 5.26. The Morgan fingerprint density at radius 3 is 2.64 bits per heavy atom. The molecule has 1 N–H and O–H groups in total. The number of carbonyl (C=O) groups excluding carboxylic acids is 1. The first kappa shape index (κ1) is 15.5. The van der Waals surface area contributed by atoms with Gasteiger partial charge in [0.2, 0.25) is 5.91 Å². The third kappa shape index (κ3) is 2.54. The van der Waals surface area contributed by atoms with E-state index in [0.717, 1.165) is 32.5 Å². The molecule has 1 unspecified atom stereocenters. The highest BCUT2D eigenvalue weighted by Gasteiger charge is 2.55. The van der Waals surface area contributed by atoms with Crippen molar-refractivity contribution >= 4 is 23.2 Å². The lowest BCUT2D eigenvalue weighted by atomic mass is 9.77. The fraction of sp³-hybridized carbons (Fsp3) is 0.625. The first-order valence-electron chi connectivity index (χ1n) is 7.69. The van der Waals surface area contributed by atoms with Gasteiger partial charge in [0.05, 0.1) is 11.5 Å². The van der Waals surface area contributed by atoms with Crippen LogP contribution in [0.3, 0.4) is 0 Å². The van der Waals surface area contributed by atoms with Crippen LogP contribution in [0.15, 0.2) is 12.1 Å². The van der Waals surface area contributed by atoms with E-state index >= 15 is 0 Å². The van der Waals surface area contributed by atoms with E-state index < -0.39 is 17.4 Å². The molecule has 1 spiro atoms. The molecule has 1 aromatic heterocycles. The second-order valence-electron chi connectivity index (χ2n) is 6.44. The van der Waals surface area contributed by atoms with Gasteiger partial charge in [-0.1, -0.05) is 0 Å². The number of aryl methyl sites for hydroxylation is 1. The molecule has 0 saturated carbocycles. The molecule has 22 heavy (non-hydrogen) atoms. The number of carboxylic acids is 1. The zero-order chi connectivity index (χ0) is 15.9. The summed E-state index contributed by atoms with van der Waals surface area (Å²) in [7, 11) is 1.77. The molecule has 1 atom stereocenters. The average molecular weight is 322 g/mol. The number of piperidine rings is 1. The molecule has 2 fully saturated rings. The summed E-state index contributed by atoms with van der Waals surface area (Å²) in [5, 5.41) is 9.48. The second kappa shape index (κ2) is 5.66. The van der Waals surface area contributed by atoms with Gasteiger partial charge in [0.25, 0.3) is 0 Å². The number of amides is 1. The summed E-state index contributed by atoms with van der Waals surface area (Å²) in [5.41, 5.74) is -0.481. The van der Waals surface area contributed by atoms with Crippen molar-refractivity contribution in [3.63, 3.8) is 0 Å². The Kier molecular flexibility index (Phi) is 3.99. The molecule has 5 nitrogen and oxygen atoms in total. The summed E-state index contributed by atoms with van der Waals surface area (Å²) in [5.74, 6) is -1.43. The summed E-state index contributed by atoms with van der Waals surface area (Å²) in [6.07, 6.45) is 1.64. The number of aliphatic carboxylic acids is 1. The highest BCUT2D eigenvalue weighted by atomic mass is 32.1. The lowest BCUT2D eigenvalue weighted by Crippen LogP contribution is -2.55. The minimum absolute atomic E-state index is 0.0327. The Balaban J connectivity index is 1.69. The molecule has 1 amide bonds. The van der Waals surface area contributed by atoms with Crippen molar-refractivity contribution in [3.8, 4) is 0 Å². The Morgan fingerprint density at radius 2 is 2.09 bits per heavy atom. The van der Waals surface area contributed by atoms with Gasteiger partial charge in [-0.25, -0.2) is 0 Å². The number of hydrogen-bond acceptors (Lipinski definition) is 4. The maximum absolute atomic E-state index is 12.0. The van der Waals surface area contributed by atoms with Crippen molar-refractivity contribution in [3.05, 3.63) is 21.9 Å². The molecular weight excluding hydrogens is 300 g/mol. The van der Waals surface area contributed by atoms with E-state index in [9.17, 15) is 14.7 Å². The molecule has 2 aliphatic heterocycles. The first-order chi connectivity index (χ1) is 10.4. The van der Waals surface area contributed by atoms with Crippen LogP contribution in [-0.2, 0) is 16.1 Å². The number of nitrogens with zero attached hydrogens (tertiary/aromatic N) is 2. The normalized spacial score (nSPS) is 25.1. The minimum Gasteiger partial charge on any atom is -0.481 e. The van der Waals surface area contributed by atoms with Crippen LogP contribution in [0.5, 0.6) is 0 Å². The van der Waals surface area contributed by atoms with Crippen LogP contribution >= 0.6 is 11.3 Å². The quantitative estimate of drug-likeness (QED) is 0.924. The molecule has 1 aromatic rings. The third-order valence-corrected chi connectivity index (χ3v) is 6.25. The zero-order valence-corrected chi connectivity index (χ0v) is 13.9. The SMILES string of the molecule is Cc1ccc(CN2CCC3(CC2)C(C(=O)O)CC(=O)N3C)s1. The van der Waals surface area contributed by atoms with Crippen molar-refractivity contribution in [1.82, 2.24) is 9.80 Å². The molecule has 0 aliphatic carbocycles. The van der Waals surface area contributed by atoms with Crippen LogP contribution in [0.4, 0.5) is 0 Å². The van der Waals surface area contributed by atoms with Crippen LogP contribution in [-0.4, -0.2) is 52.5 Å². The molecule has 6 heteroatoms. The monoisotopic (exact) mass is 322 g/mol.